The predicted octanol–water partition coefficient (Wildman–Crippen LogP) is 4.73. The minimum Gasteiger partial charge on any atom is -0.414 e. The number of benzene rings is 1. The summed E-state index contributed by atoms with van der Waals surface area (Å²) in [6.07, 6.45) is 2.12. The molecular formula is C18H30O2Si. The standard InChI is InChI=1S/C18H30O2Si/c1-7-11-16(15-12-9-8-10-13-15)17(19)14-20-21(5,6)18(2,3)4/h7-10,12-13,16-17,19H,1,11,14H2,2-6H3/t16-,17-/m1/s1. The van der Waals surface area contributed by atoms with Gasteiger partial charge in [-0.1, -0.05) is 57.2 Å². The molecule has 0 saturated carbocycles. The van der Waals surface area contributed by atoms with Crippen molar-refractivity contribution in [3.8, 4) is 0 Å². The van der Waals surface area contributed by atoms with Gasteiger partial charge in [0.05, 0.1) is 12.7 Å². The SMILES string of the molecule is C=CC[C@H](c1ccccc1)[C@H](O)CO[Si](C)(C)C(C)(C)C. The Balaban J connectivity index is 2.75. The molecule has 2 atom stereocenters. The smallest absolute Gasteiger partial charge is 0.192 e. The zero-order valence-corrected chi connectivity index (χ0v) is 15.1. The fourth-order valence-corrected chi connectivity index (χ4v) is 3.04. The Morgan fingerprint density at radius 1 is 1.24 bits per heavy atom. The Morgan fingerprint density at radius 2 is 1.81 bits per heavy atom. The van der Waals surface area contributed by atoms with Crippen LogP contribution in [0, 0.1) is 0 Å². The fourth-order valence-electron chi connectivity index (χ4n) is 2.02. The molecule has 1 aromatic carbocycles. The molecular weight excluding hydrogens is 276 g/mol. The summed E-state index contributed by atoms with van der Waals surface area (Å²) in [7, 11) is -1.82. The molecule has 21 heavy (non-hydrogen) atoms. The Kier molecular flexibility index (Phi) is 6.38. The molecule has 2 nitrogen and oxygen atoms in total. The van der Waals surface area contributed by atoms with Crippen molar-refractivity contribution < 1.29 is 9.53 Å². The third-order valence-corrected chi connectivity index (χ3v) is 9.03. The zero-order valence-electron chi connectivity index (χ0n) is 14.1. The first-order valence-electron chi connectivity index (χ1n) is 7.67. The van der Waals surface area contributed by atoms with Gasteiger partial charge in [-0.05, 0) is 30.1 Å². The van der Waals surface area contributed by atoms with Crippen molar-refractivity contribution in [1.82, 2.24) is 0 Å². The van der Waals surface area contributed by atoms with Gasteiger partial charge in [0.25, 0.3) is 0 Å². The summed E-state index contributed by atoms with van der Waals surface area (Å²) < 4.78 is 6.16. The molecule has 1 aromatic rings. The number of aliphatic hydroxyl groups excluding tert-OH is 1. The van der Waals surface area contributed by atoms with Crippen molar-refractivity contribution in [2.24, 2.45) is 0 Å². The van der Waals surface area contributed by atoms with Gasteiger partial charge in [-0.15, -0.1) is 6.58 Å². The fraction of sp³-hybridized carbons (Fsp3) is 0.556. The Morgan fingerprint density at radius 3 is 2.29 bits per heavy atom. The molecule has 1 rings (SSSR count). The molecule has 0 heterocycles. The largest absolute Gasteiger partial charge is 0.414 e. The lowest BCUT2D eigenvalue weighted by molar-refractivity contribution is 0.0777. The predicted molar refractivity (Wildman–Crippen MR) is 93.2 cm³/mol. The van der Waals surface area contributed by atoms with Gasteiger partial charge in [0, 0.05) is 5.92 Å². The second kappa shape index (κ2) is 7.39. The molecule has 3 heteroatoms. The lowest BCUT2D eigenvalue weighted by Crippen LogP contribution is -2.43. The van der Waals surface area contributed by atoms with Gasteiger partial charge >= 0.3 is 0 Å². The number of hydrogen-bond donors (Lipinski definition) is 1. The molecule has 0 aliphatic rings. The van der Waals surface area contributed by atoms with Crippen LogP contribution in [0.2, 0.25) is 18.1 Å². The number of hydrogen-bond acceptors (Lipinski definition) is 2. The van der Waals surface area contributed by atoms with Crippen molar-refractivity contribution in [1.29, 1.82) is 0 Å². The van der Waals surface area contributed by atoms with Gasteiger partial charge < -0.3 is 9.53 Å². The van der Waals surface area contributed by atoms with E-state index in [1.165, 1.54) is 0 Å². The minimum atomic E-state index is -1.82. The van der Waals surface area contributed by atoms with E-state index in [0.717, 1.165) is 12.0 Å². The van der Waals surface area contributed by atoms with Crippen LogP contribution in [0.5, 0.6) is 0 Å². The van der Waals surface area contributed by atoms with Crippen LogP contribution >= 0.6 is 0 Å². The molecule has 1 N–H and O–H groups in total. The molecule has 0 fully saturated rings. The van der Waals surface area contributed by atoms with E-state index >= 15 is 0 Å². The average molecular weight is 307 g/mol. The Bertz CT molecular complexity index is 434. The van der Waals surface area contributed by atoms with Crippen molar-refractivity contribution >= 4 is 8.32 Å². The molecule has 0 saturated heterocycles. The first-order valence-corrected chi connectivity index (χ1v) is 10.6. The van der Waals surface area contributed by atoms with Gasteiger partial charge in [-0.25, -0.2) is 0 Å². The molecule has 118 valence electrons. The molecule has 0 unspecified atom stereocenters. The zero-order chi connectivity index (χ0) is 16.1. The Labute approximate surface area is 131 Å². The molecule has 0 aromatic heterocycles. The summed E-state index contributed by atoms with van der Waals surface area (Å²) >= 11 is 0. The Hall–Kier alpha value is -0.903. The first kappa shape index (κ1) is 18.1. The first-order chi connectivity index (χ1) is 9.69. The van der Waals surface area contributed by atoms with E-state index in [-0.39, 0.29) is 11.0 Å². The maximum absolute atomic E-state index is 10.6. The lowest BCUT2D eigenvalue weighted by Gasteiger charge is -2.37. The van der Waals surface area contributed by atoms with E-state index in [1.807, 2.05) is 24.3 Å². The highest BCUT2D eigenvalue weighted by Gasteiger charge is 2.38. The van der Waals surface area contributed by atoms with E-state index in [9.17, 15) is 5.11 Å². The highest BCUT2D eigenvalue weighted by Crippen LogP contribution is 2.37. The molecule has 0 spiro atoms. The summed E-state index contributed by atoms with van der Waals surface area (Å²) in [5, 5.41) is 10.7. The second-order valence-electron chi connectivity index (χ2n) is 7.18. The van der Waals surface area contributed by atoms with E-state index < -0.39 is 14.4 Å². The summed E-state index contributed by atoms with van der Waals surface area (Å²) in [5.74, 6) is 0.0495. The van der Waals surface area contributed by atoms with Crippen LogP contribution in [-0.4, -0.2) is 26.1 Å². The number of rotatable bonds is 7. The summed E-state index contributed by atoms with van der Waals surface area (Å²) in [4.78, 5) is 0. The third kappa shape index (κ3) is 5.10. The van der Waals surface area contributed by atoms with Gasteiger partial charge in [0.15, 0.2) is 8.32 Å². The molecule has 0 aliphatic carbocycles. The highest BCUT2D eigenvalue weighted by atomic mass is 28.4. The van der Waals surface area contributed by atoms with Gasteiger partial charge in [0.2, 0.25) is 0 Å². The van der Waals surface area contributed by atoms with Crippen LogP contribution in [0.1, 0.15) is 38.7 Å². The van der Waals surface area contributed by atoms with Crippen LogP contribution in [0.4, 0.5) is 0 Å². The van der Waals surface area contributed by atoms with Crippen molar-refractivity contribution in [2.75, 3.05) is 6.61 Å². The van der Waals surface area contributed by atoms with Crippen molar-refractivity contribution in [2.45, 2.75) is 57.3 Å². The van der Waals surface area contributed by atoms with E-state index in [2.05, 4.69) is 52.6 Å². The van der Waals surface area contributed by atoms with Crippen LogP contribution in [0.25, 0.3) is 0 Å². The normalized spacial score (nSPS) is 15.5. The van der Waals surface area contributed by atoms with Crippen LogP contribution in [0.3, 0.4) is 0 Å². The van der Waals surface area contributed by atoms with Crippen LogP contribution in [0.15, 0.2) is 43.0 Å². The summed E-state index contributed by atoms with van der Waals surface area (Å²) in [6.45, 7) is 15.3. The van der Waals surface area contributed by atoms with Gasteiger partial charge in [0.1, 0.15) is 0 Å². The number of allylic oxidation sites excluding steroid dienone is 1. The van der Waals surface area contributed by atoms with Crippen LogP contribution in [-0.2, 0) is 4.43 Å². The molecule has 0 bridgehead atoms. The monoisotopic (exact) mass is 306 g/mol. The quantitative estimate of drug-likeness (QED) is 0.583. The second-order valence-corrected chi connectivity index (χ2v) is 12.0. The topological polar surface area (TPSA) is 29.5 Å². The summed E-state index contributed by atoms with van der Waals surface area (Å²) in [5.41, 5.74) is 1.14. The van der Waals surface area contributed by atoms with E-state index in [1.54, 1.807) is 0 Å². The van der Waals surface area contributed by atoms with Gasteiger partial charge in [-0.2, -0.15) is 0 Å². The lowest BCUT2D eigenvalue weighted by atomic mass is 9.91. The molecule has 0 radical (unpaired) electrons. The number of aliphatic hydroxyl groups is 1. The van der Waals surface area contributed by atoms with Crippen LogP contribution < -0.4 is 0 Å². The van der Waals surface area contributed by atoms with Gasteiger partial charge in [-0.3, -0.25) is 0 Å². The van der Waals surface area contributed by atoms with Crippen molar-refractivity contribution in [3.63, 3.8) is 0 Å². The average Bonchev–Trinajstić information content (AvgIpc) is 2.42. The maximum Gasteiger partial charge on any atom is 0.192 e. The summed E-state index contributed by atoms with van der Waals surface area (Å²) in [6, 6.07) is 10.1. The van der Waals surface area contributed by atoms with E-state index in [4.69, 9.17) is 4.43 Å². The third-order valence-electron chi connectivity index (χ3n) is 4.53. The maximum atomic E-state index is 10.6. The molecule has 0 aliphatic heterocycles. The highest BCUT2D eigenvalue weighted by molar-refractivity contribution is 6.74. The van der Waals surface area contributed by atoms with E-state index in [0.29, 0.717) is 6.61 Å². The van der Waals surface area contributed by atoms with Crippen molar-refractivity contribution in [3.05, 3.63) is 48.6 Å². The minimum absolute atomic E-state index is 0.0495. The molecule has 0 amide bonds.